The van der Waals surface area contributed by atoms with Gasteiger partial charge >= 0.3 is 5.97 Å². The van der Waals surface area contributed by atoms with E-state index in [4.69, 9.17) is 15.2 Å². The monoisotopic (exact) mass is 254 g/mol. The average molecular weight is 254 g/mol. The highest BCUT2D eigenvalue weighted by Crippen LogP contribution is 2.13. The smallest absolute Gasteiger partial charge is 0.305 e. The van der Waals surface area contributed by atoms with Gasteiger partial charge in [0.2, 0.25) is 11.8 Å². The van der Waals surface area contributed by atoms with Crippen molar-refractivity contribution in [3.05, 3.63) is 6.07 Å². The molecule has 1 aromatic rings. The molecular weight excluding hydrogens is 236 g/mol. The first-order valence-corrected chi connectivity index (χ1v) is 5.73. The van der Waals surface area contributed by atoms with Crippen LogP contribution >= 0.6 is 0 Å². The number of nitrogens with one attached hydrogen (secondary N) is 1. The van der Waals surface area contributed by atoms with Gasteiger partial charge in [-0.2, -0.15) is 9.97 Å². The molecule has 7 nitrogen and oxygen atoms in total. The predicted molar refractivity (Wildman–Crippen MR) is 67.4 cm³/mol. The van der Waals surface area contributed by atoms with Crippen molar-refractivity contribution in [2.75, 3.05) is 31.3 Å². The van der Waals surface area contributed by atoms with Crippen LogP contribution in [0.25, 0.3) is 0 Å². The lowest BCUT2D eigenvalue weighted by atomic mass is 10.3. The minimum Gasteiger partial charge on any atom is -0.481 e. The van der Waals surface area contributed by atoms with Gasteiger partial charge in [0.05, 0.1) is 13.7 Å². The summed E-state index contributed by atoms with van der Waals surface area (Å²) >= 11 is 0. The van der Waals surface area contributed by atoms with Crippen molar-refractivity contribution in [2.45, 2.75) is 19.8 Å². The van der Waals surface area contributed by atoms with Crippen LogP contribution < -0.4 is 15.8 Å². The Bertz CT molecular complexity index is 398. The Morgan fingerprint density at radius 2 is 2.28 bits per heavy atom. The number of carbonyl (C=O) groups is 1. The molecule has 0 aliphatic rings. The molecule has 1 heterocycles. The highest BCUT2D eigenvalue weighted by atomic mass is 16.5. The molecule has 0 atom stereocenters. The lowest BCUT2D eigenvalue weighted by Crippen LogP contribution is -2.10. The topological polar surface area (TPSA) is 99.4 Å². The van der Waals surface area contributed by atoms with Crippen molar-refractivity contribution in [3.63, 3.8) is 0 Å². The molecule has 0 saturated heterocycles. The van der Waals surface area contributed by atoms with E-state index in [0.717, 1.165) is 0 Å². The maximum atomic E-state index is 11.1. The highest BCUT2D eigenvalue weighted by molar-refractivity contribution is 5.69. The molecule has 0 radical (unpaired) electrons. The van der Waals surface area contributed by atoms with Gasteiger partial charge in [-0.1, -0.05) is 0 Å². The summed E-state index contributed by atoms with van der Waals surface area (Å²) in [6.45, 7) is 2.79. The van der Waals surface area contributed by atoms with E-state index in [1.165, 1.54) is 7.11 Å². The molecule has 0 aliphatic carbocycles. The van der Waals surface area contributed by atoms with Gasteiger partial charge in [0.15, 0.2) is 0 Å². The number of nitrogen functional groups attached to an aromatic ring is 1. The summed E-state index contributed by atoms with van der Waals surface area (Å²) in [4.78, 5) is 19.0. The first-order chi connectivity index (χ1) is 8.65. The number of nitrogens with two attached hydrogens (primary N) is 1. The molecule has 3 N–H and O–H groups in total. The molecule has 18 heavy (non-hydrogen) atoms. The van der Waals surface area contributed by atoms with E-state index in [2.05, 4.69) is 15.3 Å². The van der Waals surface area contributed by atoms with Crippen LogP contribution in [0.15, 0.2) is 6.07 Å². The number of carbonyl (C=O) groups excluding carboxylic acids is 1. The lowest BCUT2D eigenvalue weighted by molar-refractivity contribution is -0.143. The summed E-state index contributed by atoms with van der Waals surface area (Å²) in [7, 11) is 1.51. The summed E-state index contributed by atoms with van der Waals surface area (Å²) in [6, 6.07) is 1.64. The van der Waals surface area contributed by atoms with Crippen LogP contribution in [0.5, 0.6) is 5.88 Å². The van der Waals surface area contributed by atoms with Crippen LogP contribution in [0.4, 0.5) is 11.8 Å². The van der Waals surface area contributed by atoms with Gasteiger partial charge < -0.3 is 20.5 Å². The quantitative estimate of drug-likeness (QED) is 0.549. The largest absolute Gasteiger partial charge is 0.481 e. The van der Waals surface area contributed by atoms with E-state index >= 15 is 0 Å². The van der Waals surface area contributed by atoms with Crippen LogP contribution in [-0.4, -0.2) is 36.2 Å². The molecule has 0 bridgehead atoms. The van der Waals surface area contributed by atoms with Crippen molar-refractivity contribution in [2.24, 2.45) is 0 Å². The van der Waals surface area contributed by atoms with Crippen molar-refractivity contribution in [1.82, 2.24) is 9.97 Å². The summed E-state index contributed by atoms with van der Waals surface area (Å²) in [6.07, 6.45) is 1.03. The van der Waals surface area contributed by atoms with Crippen LogP contribution in [0, 0.1) is 0 Å². The Labute approximate surface area is 106 Å². The van der Waals surface area contributed by atoms with E-state index in [-0.39, 0.29) is 11.9 Å². The number of aromatic nitrogens is 2. The van der Waals surface area contributed by atoms with E-state index in [9.17, 15) is 4.79 Å². The minimum atomic E-state index is -0.195. The number of methoxy groups -OCH3 is 1. The summed E-state index contributed by atoms with van der Waals surface area (Å²) in [5.74, 6) is 0.917. The van der Waals surface area contributed by atoms with E-state index in [1.807, 2.05) is 0 Å². The zero-order valence-corrected chi connectivity index (χ0v) is 10.6. The zero-order chi connectivity index (χ0) is 13.4. The molecule has 100 valence electrons. The predicted octanol–water partition coefficient (Wildman–Crippen LogP) is 0.823. The molecule has 0 aliphatic heterocycles. The molecule has 7 heteroatoms. The molecule has 0 amide bonds. The van der Waals surface area contributed by atoms with Gasteiger partial charge in [-0.15, -0.1) is 0 Å². The molecule has 0 fully saturated rings. The Kier molecular flexibility index (Phi) is 5.69. The van der Waals surface area contributed by atoms with Crippen molar-refractivity contribution in [1.29, 1.82) is 0 Å². The molecule has 0 spiro atoms. The first-order valence-electron chi connectivity index (χ1n) is 5.73. The third-order valence-electron chi connectivity index (χ3n) is 2.10. The van der Waals surface area contributed by atoms with Gasteiger partial charge in [0.25, 0.3) is 0 Å². The number of rotatable bonds is 7. The van der Waals surface area contributed by atoms with E-state index < -0.39 is 0 Å². The number of hydrogen-bond acceptors (Lipinski definition) is 7. The average Bonchev–Trinajstić information content (AvgIpc) is 2.34. The maximum absolute atomic E-state index is 11.1. The van der Waals surface area contributed by atoms with E-state index in [0.29, 0.717) is 37.7 Å². The highest BCUT2D eigenvalue weighted by Gasteiger charge is 2.03. The van der Waals surface area contributed by atoms with Gasteiger partial charge in [-0.3, -0.25) is 4.79 Å². The number of ether oxygens (including phenoxy) is 2. The van der Waals surface area contributed by atoms with Crippen LogP contribution in [-0.2, 0) is 9.53 Å². The number of esters is 1. The first kappa shape index (κ1) is 14.0. The number of nitrogens with zero attached hydrogens (tertiary/aromatic N) is 2. The van der Waals surface area contributed by atoms with Crippen molar-refractivity contribution < 1.29 is 14.3 Å². The zero-order valence-electron chi connectivity index (χ0n) is 10.6. The molecular formula is C11H18N4O3. The van der Waals surface area contributed by atoms with Gasteiger partial charge in [-0.05, 0) is 13.3 Å². The second-order valence-electron chi connectivity index (χ2n) is 3.49. The number of hydrogen-bond donors (Lipinski definition) is 2. The fourth-order valence-corrected chi connectivity index (χ4v) is 1.32. The Morgan fingerprint density at radius 1 is 1.50 bits per heavy atom. The Morgan fingerprint density at radius 3 is 2.94 bits per heavy atom. The fourth-order valence-electron chi connectivity index (χ4n) is 1.32. The summed E-state index contributed by atoms with van der Waals surface area (Å²) in [5.41, 5.74) is 5.51. The third-order valence-corrected chi connectivity index (χ3v) is 2.10. The van der Waals surface area contributed by atoms with Crippen LogP contribution in [0.3, 0.4) is 0 Å². The van der Waals surface area contributed by atoms with Crippen LogP contribution in [0.2, 0.25) is 0 Å². The second kappa shape index (κ2) is 7.31. The Hall–Kier alpha value is -2.05. The third kappa shape index (κ3) is 4.86. The molecule has 1 rings (SSSR count). The van der Waals surface area contributed by atoms with Crippen molar-refractivity contribution in [3.8, 4) is 5.88 Å². The lowest BCUT2D eigenvalue weighted by Gasteiger charge is -2.07. The molecule has 0 saturated carbocycles. The minimum absolute atomic E-state index is 0.141. The van der Waals surface area contributed by atoms with Gasteiger partial charge in [-0.25, -0.2) is 0 Å². The van der Waals surface area contributed by atoms with Gasteiger partial charge in [0.1, 0.15) is 5.82 Å². The molecule has 1 aromatic heterocycles. The summed E-state index contributed by atoms with van der Waals surface area (Å²) in [5, 5.41) is 3.04. The second-order valence-corrected chi connectivity index (χ2v) is 3.49. The standard InChI is InChI=1S/C11H18N4O3/c1-3-18-10(16)5-4-6-13-8-7-9(17-2)15-11(12)14-8/h7H,3-6H2,1-2H3,(H3,12,13,14,15). The van der Waals surface area contributed by atoms with E-state index in [1.54, 1.807) is 13.0 Å². The fraction of sp³-hybridized carbons (Fsp3) is 0.545. The van der Waals surface area contributed by atoms with Crippen molar-refractivity contribution >= 4 is 17.7 Å². The molecule has 0 unspecified atom stereocenters. The molecule has 0 aromatic carbocycles. The SMILES string of the molecule is CCOC(=O)CCCNc1cc(OC)nc(N)n1. The number of anilines is 2. The summed E-state index contributed by atoms with van der Waals surface area (Å²) < 4.78 is 9.78. The Balaban J connectivity index is 2.35. The van der Waals surface area contributed by atoms with Crippen LogP contribution in [0.1, 0.15) is 19.8 Å². The maximum Gasteiger partial charge on any atom is 0.305 e. The van der Waals surface area contributed by atoms with Gasteiger partial charge in [0, 0.05) is 19.0 Å². The normalized spacial score (nSPS) is 9.89.